The van der Waals surface area contributed by atoms with Gasteiger partial charge in [-0.1, -0.05) is 59.9 Å². The lowest BCUT2D eigenvalue weighted by atomic mass is 9.96. The molecule has 1 unspecified atom stereocenters. The molecule has 0 radical (unpaired) electrons. The summed E-state index contributed by atoms with van der Waals surface area (Å²) in [6.07, 6.45) is 0. The fourth-order valence-corrected chi connectivity index (χ4v) is 5.42. The molecule has 3 heterocycles. The first-order chi connectivity index (χ1) is 15.4. The molecule has 0 saturated heterocycles. The average Bonchev–Trinajstić information content (AvgIpc) is 3.26. The highest BCUT2D eigenvalue weighted by Gasteiger charge is 2.36. The summed E-state index contributed by atoms with van der Waals surface area (Å²) < 4.78 is 6.82. The Morgan fingerprint density at radius 1 is 1.06 bits per heavy atom. The Labute approximate surface area is 187 Å². The average molecular weight is 446 g/mol. The van der Waals surface area contributed by atoms with Crippen LogP contribution in [0, 0.1) is 0 Å². The maximum atomic E-state index is 13.8. The van der Waals surface area contributed by atoms with Crippen LogP contribution >= 0.6 is 11.3 Å². The van der Waals surface area contributed by atoms with Crippen LogP contribution in [0.5, 0.6) is 0 Å². The number of esters is 1. The number of thiazole rings is 1. The fraction of sp³-hybridized carbons (Fsp3) is 0.167. The number of rotatable bonds is 2. The number of carbonyl (C=O) groups is 2. The zero-order valence-corrected chi connectivity index (χ0v) is 18.5. The summed E-state index contributed by atoms with van der Waals surface area (Å²) in [5.41, 5.74) is 3.02. The zero-order chi connectivity index (χ0) is 22.6. The number of amides is 1. The molecule has 0 bridgehead atoms. The molecule has 0 spiro atoms. The summed E-state index contributed by atoms with van der Waals surface area (Å²) in [4.78, 5) is 46.1. The van der Waals surface area contributed by atoms with Crippen molar-refractivity contribution in [2.24, 2.45) is 4.99 Å². The first kappa shape index (κ1) is 20.1. The van der Waals surface area contributed by atoms with Crippen LogP contribution in [0.2, 0.25) is 0 Å². The molecule has 1 amide bonds. The number of anilines is 1. The first-order valence-corrected chi connectivity index (χ1v) is 10.8. The number of carbonyl (C=O) groups excluding carboxylic acids is 2. The zero-order valence-electron chi connectivity index (χ0n) is 17.7. The van der Waals surface area contributed by atoms with E-state index in [0.717, 1.165) is 11.3 Å². The van der Waals surface area contributed by atoms with Gasteiger partial charge >= 0.3 is 5.97 Å². The molecule has 2 aliphatic rings. The lowest BCUT2D eigenvalue weighted by molar-refractivity contribution is -0.136. The van der Waals surface area contributed by atoms with Gasteiger partial charge in [-0.15, -0.1) is 0 Å². The minimum Gasteiger partial charge on any atom is -0.466 e. The highest BCUT2D eigenvalue weighted by molar-refractivity contribution is 7.07. The maximum absolute atomic E-state index is 13.8. The van der Waals surface area contributed by atoms with Gasteiger partial charge in [-0.25, -0.2) is 9.79 Å². The van der Waals surface area contributed by atoms with Crippen molar-refractivity contribution in [2.45, 2.75) is 13.0 Å². The summed E-state index contributed by atoms with van der Waals surface area (Å²) in [6.45, 7) is 1.73. The summed E-state index contributed by atoms with van der Waals surface area (Å²) in [5, 5.41) is 0. The highest BCUT2D eigenvalue weighted by atomic mass is 32.1. The van der Waals surface area contributed by atoms with E-state index in [0.29, 0.717) is 31.7 Å². The van der Waals surface area contributed by atoms with Gasteiger partial charge in [0.05, 0.1) is 35.7 Å². The van der Waals surface area contributed by atoms with Crippen molar-refractivity contribution in [3.63, 3.8) is 0 Å². The molecule has 3 aromatic rings. The number of para-hydroxylation sites is 1. The Balaban J connectivity index is 1.86. The van der Waals surface area contributed by atoms with Gasteiger partial charge in [0.25, 0.3) is 11.5 Å². The van der Waals surface area contributed by atoms with Gasteiger partial charge in [0.1, 0.15) is 4.53 Å². The summed E-state index contributed by atoms with van der Waals surface area (Å²) >= 11 is 1.17. The van der Waals surface area contributed by atoms with Crippen LogP contribution in [-0.2, 0) is 14.3 Å². The van der Waals surface area contributed by atoms with Crippen molar-refractivity contribution in [2.75, 3.05) is 19.1 Å². The van der Waals surface area contributed by atoms with E-state index in [1.54, 1.807) is 18.9 Å². The van der Waals surface area contributed by atoms with E-state index >= 15 is 0 Å². The van der Waals surface area contributed by atoms with Crippen molar-refractivity contribution >= 4 is 34.5 Å². The molecule has 2 aliphatic heterocycles. The van der Waals surface area contributed by atoms with Gasteiger partial charge in [0.15, 0.2) is 4.80 Å². The highest BCUT2D eigenvalue weighted by Crippen LogP contribution is 2.34. The lowest BCUT2D eigenvalue weighted by Crippen LogP contribution is -2.40. The molecule has 7 nitrogen and oxygen atoms in total. The molecule has 32 heavy (non-hydrogen) atoms. The van der Waals surface area contributed by atoms with Gasteiger partial charge in [-0.05, 0) is 18.6 Å². The van der Waals surface area contributed by atoms with Crippen molar-refractivity contribution in [3.8, 4) is 0 Å². The minimum atomic E-state index is -0.696. The van der Waals surface area contributed by atoms with E-state index in [-0.39, 0.29) is 11.5 Å². The van der Waals surface area contributed by atoms with E-state index in [1.165, 1.54) is 23.0 Å². The molecule has 0 fully saturated rings. The van der Waals surface area contributed by atoms with Gasteiger partial charge in [0.2, 0.25) is 0 Å². The van der Waals surface area contributed by atoms with Crippen molar-refractivity contribution in [1.29, 1.82) is 0 Å². The van der Waals surface area contributed by atoms with Crippen molar-refractivity contribution < 1.29 is 14.3 Å². The van der Waals surface area contributed by atoms with Gasteiger partial charge in [-0.2, -0.15) is 0 Å². The third-order valence-electron chi connectivity index (χ3n) is 5.80. The molecular weight excluding hydrogens is 426 g/mol. The smallest absolute Gasteiger partial charge is 0.338 e. The summed E-state index contributed by atoms with van der Waals surface area (Å²) in [5.74, 6) is -0.781. The molecule has 0 saturated carbocycles. The first-order valence-electron chi connectivity index (χ1n) is 10.00. The Hall–Kier alpha value is -3.78. The lowest BCUT2D eigenvalue weighted by Gasteiger charge is -2.24. The number of nitrogens with zero attached hydrogens (tertiary/aromatic N) is 3. The fourth-order valence-electron chi connectivity index (χ4n) is 4.28. The van der Waals surface area contributed by atoms with Crippen LogP contribution < -0.4 is 19.8 Å². The number of ether oxygens (including phenoxy) is 1. The Bertz CT molecular complexity index is 1500. The minimum absolute atomic E-state index is 0.239. The SMILES string of the molecule is COC(=O)C1=C(C)N=c2s/c(=C3\C(=O)N(C)c4ccccc43)c(=O)n2C1c1ccccc1. The molecular formula is C24H19N3O4S. The van der Waals surface area contributed by atoms with Crippen molar-refractivity contribution in [3.05, 3.63) is 96.7 Å². The Morgan fingerprint density at radius 3 is 2.47 bits per heavy atom. The number of methoxy groups -OCH3 is 1. The summed E-state index contributed by atoms with van der Waals surface area (Å²) in [6, 6.07) is 16.0. The second-order valence-electron chi connectivity index (χ2n) is 7.56. The largest absolute Gasteiger partial charge is 0.466 e. The van der Waals surface area contributed by atoms with Gasteiger partial charge in [0, 0.05) is 12.6 Å². The monoisotopic (exact) mass is 445 g/mol. The van der Waals surface area contributed by atoms with Crippen LogP contribution in [0.15, 0.2) is 75.7 Å². The molecule has 160 valence electrons. The van der Waals surface area contributed by atoms with E-state index in [4.69, 9.17) is 4.74 Å². The molecule has 1 atom stereocenters. The Morgan fingerprint density at radius 2 is 1.75 bits per heavy atom. The predicted octanol–water partition coefficient (Wildman–Crippen LogP) is 1.75. The van der Waals surface area contributed by atoms with E-state index in [2.05, 4.69) is 4.99 Å². The molecule has 0 aliphatic carbocycles. The molecule has 2 aromatic carbocycles. The third-order valence-corrected chi connectivity index (χ3v) is 6.85. The quantitative estimate of drug-likeness (QED) is 0.563. The number of likely N-dealkylation sites (N-methyl/N-ethyl adjacent to an activating group) is 1. The number of hydrogen-bond acceptors (Lipinski definition) is 6. The van der Waals surface area contributed by atoms with Crippen LogP contribution in [0.25, 0.3) is 5.57 Å². The van der Waals surface area contributed by atoms with Crippen LogP contribution in [-0.4, -0.2) is 30.6 Å². The number of fused-ring (bicyclic) bond motifs is 2. The predicted molar refractivity (Wildman–Crippen MR) is 121 cm³/mol. The third kappa shape index (κ3) is 2.80. The van der Waals surface area contributed by atoms with Crippen molar-refractivity contribution in [1.82, 2.24) is 4.57 Å². The maximum Gasteiger partial charge on any atom is 0.338 e. The number of hydrogen-bond donors (Lipinski definition) is 0. The van der Waals surface area contributed by atoms with Gasteiger partial charge in [-0.3, -0.25) is 14.2 Å². The van der Waals surface area contributed by atoms with E-state index in [1.807, 2.05) is 54.6 Å². The van der Waals surface area contributed by atoms with Crippen LogP contribution in [0.1, 0.15) is 24.1 Å². The number of benzene rings is 2. The number of allylic oxidation sites excluding steroid dienone is 1. The standard InChI is InChI=1S/C24H19N3O4S/c1-13-17(23(30)31-3)19(14-9-5-4-6-10-14)27-22(29)20(32-24(27)25-13)18-15-11-7-8-12-16(15)26(2)21(18)28/h4-12,19H,1-3H3/b20-18-. The van der Waals surface area contributed by atoms with Crippen LogP contribution in [0.3, 0.4) is 0 Å². The topological polar surface area (TPSA) is 81.0 Å². The molecule has 5 rings (SSSR count). The van der Waals surface area contributed by atoms with Crippen LogP contribution in [0.4, 0.5) is 5.69 Å². The second kappa shape index (κ2) is 7.42. The van der Waals surface area contributed by atoms with E-state index in [9.17, 15) is 14.4 Å². The summed E-state index contributed by atoms with van der Waals surface area (Å²) in [7, 11) is 3.00. The second-order valence-corrected chi connectivity index (χ2v) is 8.54. The molecule has 8 heteroatoms. The number of aromatic nitrogens is 1. The molecule has 1 aromatic heterocycles. The molecule has 0 N–H and O–H groups in total. The normalized spacial score (nSPS) is 18.9. The van der Waals surface area contributed by atoms with Gasteiger partial charge < -0.3 is 9.64 Å². The Kier molecular flexibility index (Phi) is 4.67. The van der Waals surface area contributed by atoms with E-state index < -0.39 is 12.0 Å².